The van der Waals surface area contributed by atoms with E-state index in [1.165, 1.54) is 36.4 Å². The van der Waals surface area contributed by atoms with Gasteiger partial charge in [0.2, 0.25) is 15.9 Å². The highest BCUT2D eigenvalue weighted by atomic mass is 32.2. The Hall–Kier alpha value is -3.09. The molecule has 2 aromatic carbocycles. The number of piperidine rings is 1. The van der Waals surface area contributed by atoms with Gasteiger partial charge < -0.3 is 4.42 Å². The lowest BCUT2D eigenvalue weighted by molar-refractivity contribution is 0.102. The van der Waals surface area contributed by atoms with Gasteiger partial charge in [0.05, 0.1) is 15.0 Å². The van der Waals surface area contributed by atoms with E-state index in [0.29, 0.717) is 12.1 Å². The summed E-state index contributed by atoms with van der Waals surface area (Å²) < 4.78 is 57.9. The van der Waals surface area contributed by atoms with E-state index in [4.69, 9.17) is 4.42 Å². The van der Waals surface area contributed by atoms with Gasteiger partial charge in [-0.2, -0.15) is 4.31 Å². The molecule has 1 N–H and O–H groups in total. The smallest absolute Gasteiger partial charge is 0.322 e. The third-order valence-electron chi connectivity index (χ3n) is 6.46. The molecule has 1 atom stereocenters. The number of rotatable bonds is 8. The van der Waals surface area contributed by atoms with Crippen LogP contribution < -0.4 is 5.32 Å². The van der Waals surface area contributed by atoms with E-state index in [-0.39, 0.29) is 33.3 Å². The average molecular weight is 547 g/mol. The number of sulfone groups is 1. The molecule has 37 heavy (non-hydrogen) atoms. The molecule has 12 heteroatoms. The minimum Gasteiger partial charge on any atom is -0.403 e. The van der Waals surface area contributed by atoms with E-state index in [0.717, 1.165) is 25.7 Å². The molecule has 1 aromatic heterocycles. The molecule has 1 saturated heterocycles. The molecule has 1 amide bonds. The normalized spacial score (nSPS) is 17.1. The third-order valence-corrected chi connectivity index (χ3v) is 10.6. The number of benzene rings is 2. The molecular formula is C25H30N4O6S2. The van der Waals surface area contributed by atoms with Gasteiger partial charge in [-0.15, -0.1) is 5.10 Å². The van der Waals surface area contributed by atoms with Gasteiger partial charge in [0.25, 0.3) is 5.91 Å². The summed E-state index contributed by atoms with van der Waals surface area (Å²) in [7, 11) is -7.05. The predicted molar refractivity (Wildman–Crippen MR) is 138 cm³/mol. The Morgan fingerprint density at radius 3 is 2.27 bits per heavy atom. The lowest BCUT2D eigenvalue weighted by Gasteiger charge is -2.34. The van der Waals surface area contributed by atoms with Gasteiger partial charge >= 0.3 is 6.01 Å². The average Bonchev–Trinajstić information content (AvgIpc) is 3.37. The first-order chi connectivity index (χ1) is 17.5. The monoisotopic (exact) mass is 546 g/mol. The molecule has 0 bridgehead atoms. The number of nitrogens with one attached hydrogen (secondary N) is 1. The fourth-order valence-electron chi connectivity index (χ4n) is 4.23. The van der Waals surface area contributed by atoms with Crippen LogP contribution in [-0.4, -0.2) is 55.1 Å². The standard InChI is InChI=1S/C25H30N4O6S2/c1-4-20-7-5-6-16-29(20)37(33,34)22-14-8-18(9-15-22)23(30)26-25-28-27-24(35-25)19-10-12-21(13-11-19)36(31,32)17(2)3/h8-15,17,20H,4-7,16H2,1-3H3,(H,26,28,30). The molecule has 1 unspecified atom stereocenters. The van der Waals surface area contributed by atoms with Crippen molar-refractivity contribution >= 4 is 31.8 Å². The lowest BCUT2D eigenvalue weighted by Crippen LogP contribution is -2.43. The maximum absolute atomic E-state index is 13.1. The third kappa shape index (κ3) is 5.60. The van der Waals surface area contributed by atoms with Crippen molar-refractivity contribution in [2.45, 2.75) is 67.5 Å². The lowest BCUT2D eigenvalue weighted by atomic mass is 10.0. The van der Waals surface area contributed by atoms with Crippen LogP contribution in [-0.2, 0) is 19.9 Å². The Balaban J connectivity index is 1.44. The molecule has 198 valence electrons. The number of carbonyl (C=O) groups excluding carboxylic acids is 1. The number of nitrogens with zero attached hydrogens (tertiary/aromatic N) is 3. The molecule has 0 spiro atoms. The van der Waals surface area contributed by atoms with Crippen LogP contribution in [0.4, 0.5) is 6.01 Å². The van der Waals surface area contributed by atoms with Crippen molar-refractivity contribution in [2.24, 2.45) is 0 Å². The number of carbonyl (C=O) groups is 1. The fourth-order valence-corrected chi connectivity index (χ4v) is 7.06. The zero-order valence-corrected chi connectivity index (χ0v) is 22.5. The molecule has 2 heterocycles. The number of sulfonamides is 1. The van der Waals surface area contributed by atoms with Crippen molar-refractivity contribution in [1.29, 1.82) is 0 Å². The summed E-state index contributed by atoms with van der Waals surface area (Å²) in [4.78, 5) is 13.0. The van der Waals surface area contributed by atoms with Crippen molar-refractivity contribution in [2.75, 3.05) is 11.9 Å². The molecular weight excluding hydrogens is 516 g/mol. The summed E-state index contributed by atoms with van der Waals surface area (Å²) in [5.74, 6) is -0.431. The van der Waals surface area contributed by atoms with Crippen molar-refractivity contribution in [3.8, 4) is 11.5 Å². The van der Waals surface area contributed by atoms with Crippen LogP contribution in [0.25, 0.3) is 11.5 Å². The van der Waals surface area contributed by atoms with Crippen LogP contribution in [0.2, 0.25) is 0 Å². The first-order valence-electron chi connectivity index (χ1n) is 12.1. The first-order valence-corrected chi connectivity index (χ1v) is 15.1. The number of amides is 1. The van der Waals surface area contributed by atoms with Crippen LogP contribution in [0.3, 0.4) is 0 Å². The zero-order valence-electron chi connectivity index (χ0n) is 20.9. The van der Waals surface area contributed by atoms with Crippen LogP contribution >= 0.6 is 0 Å². The largest absolute Gasteiger partial charge is 0.403 e. The molecule has 1 fully saturated rings. The Bertz CT molecular complexity index is 1460. The summed E-state index contributed by atoms with van der Waals surface area (Å²) >= 11 is 0. The van der Waals surface area contributed by atoms with Crippen LogP contribution in [0.1, 0.15) is 56.8 Å². The summed E-state index contributed by atoms with van der Waals surface area (Å²) in [6.07, 6.45) is 3.46. The molecule has 3 aromatic rings. The Kier molecular flexibility index (Phi) is 7.81. The van der Waals surface area contributed by atoms with E-state index in [9.17, 15) is 21.6 Å². The summed E-state index contributed by atoms with van der Waals surface area (Å²) in [5, 5.41) is 9.69. The minimum absolute atomic E-state index is 0.00995. The second kappa shape index (κ2) is 10.7. The van der Waals surface area contributed by atoms with Gasteiger partial charge in [-0.25, -0.2) is 16.8 Å². The highest BCUT2D eigenvalue weighted by Crippen LogP contribution is 2.28. The minimum atomic E-state index is -3.65. The SMILES string of the molecule is CCC1CCCCN1S(=O)(=O)c1ccc(C(=O)Nc2nnc(-c3ccc(S(=O)(=O)C(C)C)cc3)o2)cc1. The Morgan fingerprint density at radius 1 is 1.00 bits per heavy atom. The molecule has 0 radical (unpaired) electrons. The highest BCUT2D eigenvalue weighted by Gasteiger charge is 2.32. The number of hydrogen-bond donors (Lipinski definition) is 1. The van der Waals surface area contributed by atoms with Gasteiger partial charge in [0.1, 0.15) is 0 Å². The Labute approximate surface area is 217 Å². The van der Waals surface area contributed by atoms with Crippen molar-refractivity contribution in [1.82, 2.24) is 14.5 Å². The molecule has 1 aliphatic heterocycles. The molecule has 10 nitrogen and oxygen atoms in total. The maximum atomic E-state index is 13.1. The van der Waals surface area contributed by atoms with E-state index in [2.05, 4.69) is 15.5 Å². The Morgan fingerprint density at radius 2 is 1.65 bits per heavy atom. The fraction of sp³-hybridized carbons (Fsp3) is 0.400. The van der Waals surface area contributed by atoms with Crippen LogP contribution in [0.15, 0.2) is 62.7 Å². The number of aromatic nitrogens is 2. The number of hydrogen-bond acceptors (Lipinski definition) is 8. The summed E-state index contributed by atoms with van der Waals surface area (Å²) in [6, 6.07) is 11.6. The van der Waals surface area contributed by atoms with Crippen molar-refractivity contribution in [3.63, 3.8) is 0 Å². The van der Waals surface area contributed by atoms with Gasteiger partial charge in [-0.3, -0.25) is 10.1 Å². The zero-order chi connectivity index (χ0) is 26.8. The van der Waals surface area contributed by atoms with Gasteiger partial charge in [0.15, 0.2) is 9.84 Å². The van der Waals surface area contributed by atoms with E-state index in [1.54, 1.807) is 30.3 Å². The van der Waals surface area contributed by atoms with Crippen molar-refractivity contribution < 1.29 is 26.0 Å². The van der Waals surface area contributed by atoms with Gasteiger partial charge in [0, 0.05) is 23.7 Å². The second-order valence-electron chi connectivity index (χ2n) is 9.18. The molecule has 1 aliphatic rings. The second-order valence-corrected chi connectivity index (χ2v) is 13.6. The quantitative estimate of drug-likeness (QED) is 0.445. The van der Waals surface area contributed by atoms with E-state index >= 15 is 0 Å². The summed E-state index contributed by atoms with van der Waals surface area (Å²) in [6.45, 7) is 5.71. The van der Waals surface area contributed by atoms with Gasteiger partial charge in [-0.05, 0) is 81.6 Å². The molecule has 4 rings (SSSR count). The summed E-state index contributed by atoms with van der Waals surface area (Å²) in [5.41, 5.74) is 0.723. The number of anilines is 1. The van der Waals surface area contributed by atoms with Crippen LogP contribution in [0.5, 0.6) is 0 Å². The molecule has 0 saturated carbocycles. The van der Waals surface area contributed by atoms with E-state index in [1.807, 2.05) is 6.92 Å². The van der Waals surface area contributed by atoms with E-state index < -0.39 is 31.0 Å². The first kappa shape index (κ1) is 27.0. The van der Waals surface area contributed by atoms with Gasteiger partial charge in [-0.1, -0.05) is 18.4 Å². The maximum Gasteiger partial charge on any atom is 0.322 e. The molecule has 0 aliphatic carbocycles. The van der Waals surface area contributed by atoms with Crippen molar-refractivity contribution in [3.05, 3.63) is 54.1 Å². The topological polar surface area (TPSA) is 140 Å². The van der Waals surface area contributed by atoms with Crippen LogP contribution in [0, 0.1) is 0 Å². The predicted octanol–water partition coefficient (Wildman–Crippen LogP) is 4.12. The highest BCUT2D eigenvalue weighted by molar-refractivity contribution is 7.92.